The molecular formula is C16H9Cl2N3S2. The molecule has 0 aliphatic rings. The van der Waals surface area contributed by atoms with Gasteiger partial charge in [-0.2, -0.15) is 5.10 Å². The van der Waals surface area contributed by atoms with Gasteiger partial charge in [-0.05, 0) is 35.7 Å². The lowest BCUT2D eigenvalue weighted by Crippen LogP contribution is -1.98. The molecule has 0 radical (unpaired) electrons. The van der Waals surface area contributed by atoms with Crippen molar-refractivity contribution < 1.29 is 0 Å². The molecule has 114 valence electrons. The smallest absolute Gasteiger partial charge is 0.211 e. The molecule has 1 aromatic carbocycles. The molecule has 0 N–H and O–H groups in total. The lowest BCUT2D eigenvalue weighted by molar-refractivity contribution is 0.878. The summed E-state index contributed by atoms with van der Waals surface area (Å²) in [5, 5.41) is 10.5. The van der Waals surface area contributed by atoms with Crippen molar-refractivity contribution in [2.75, 3.05) is 0 Å². The lowest BCUT2D eigenvalue weighted by atomic mass is 10.1. The fourth-order valence-corrected chi connectivity index (χ4v) is 4.32. The molecule has 0 aliphatic heterocycles. The van der Waals surface area contributed by atoms with Gasteiger partial charge in [0.2, 0.25) is 5.13 Å². The zero-order valence-electron chi connectivity index (χ0n) is 11.6. The fraction of sp³-hybridized carbons (Fsp3) is 0. The first-order valence-corrected chi connectivity index (χ1v) is 9.23. The van der Waals surface area contributed by atoms with Gasteiger partial charge in [-0.1, -0.05) is 29.3 Å². The first-order valence-electron chi connectivity index (χ1n) is 6.71. The van der Waals surface area contributed by atoms with E-state index in [1.807, 2.05) is 35.0 Å². The first-order chi connectivity index (χ1) is 11.2. The molecule has 0 bridgehead atoms. The van der Waals surface area contributed by atoms with Gasteiger partial charge in [0.05, 0.1) is 27.5 Å². The quantitative estimate of drug-likeness (QED) is 0.436. The van der Waals surface area contributed by atoms with Gasteiger partial charge in [-0.25, -0.2) is 9.67 Å². The van der Waals surface area contributed by atoms with Crippen molar-refractivity contribution in [3.63, 3.8) is 0 Å². The van der Waals surface area contributed by atoms with Crippen LogP contribution in [-0.2, 0) is 0 Å². The SMILES string of the molecule is Clc1ccc(-c2ccnn2-c2nc(-c3cccs3)cs2)c(Cl)c1. The highest BCUT2D eigenvalue weighted by atomic mass is 35.5. The zero-order chi connectivity index (χ0) is 15.8. The molecule has 0 fully saturated rings. The summed E-state index contributed by atoms with van der Waals surface area (Å²) in [6, 6.07) is 11.4. The Labute approximate surface area is 150 Å². The summed E-state index contributed by atoms with van der Waals surface area (Å²) in [7, 11) is 0. The summed E-state index contributed by atoms with van der Waals surface area (Å²) in [5.41, 5.74) is 2.73. The Morgan fingerprint density at radius 2 is 1.96 bits per heavy atom. The molecule has 7 heteroatoms. The number of thiazole rings is 1. The molecule has 3 heterocycles. The molecule has 0 atom stereocenters. The van der Waals surface area contributed by atoms with E-state index in [2.05, 4.69) is 16.1 Å². The molecule has 0 unspecified atom stereocenters. The van der Waals surface area contributed by atoms with E-state index in [0.717, 1.165) is 27.0 Å². The van der Waals surface area contributed by atoms with Gasteiger partial charge < -0.3 is 0 Å². The first kappa shape index (κ1) is 14.9. The van der Waals surface area contributed by atoms with Crippen molar-refractivity contribution in [1.82, 2.24) is 14.8 Å². The molecule has 4 aromatic rings. The predicted octanol–water partition coefficient (Wildman–Crippen LogP) is 6.03. The standard InChI is InChI=1S/C16H9Cl2N3S2/c17-10-3-4-11(12(18)8-10)14-5-6-19-21(14)16-20-13(9-23-16)15-2-1-7-22-15/h1-9H. The van der Waals surface area contributed by atoms with Gasteiger partial charge >= 0.3 is 0 Å². The average molecular weight is 378 g/mol. The molecule has 0 saturated carbocycles. The molecule has 23 heavy (non-hydrogen) atoms. The highest BCUT2D eigenvalue weighted by Gasteiger charge is 2.14. The van der Waals surface area contributed by atoms with Crippen LogP contribution in [0, 0.1) is 0 Å². The van der Waals surface area contributed by atoms with Crippen LogP contribution in [0.3, 0.4) is 0 Å². The molecular weight excluding hydrogens is 369 g/mol. The zero-order valence-corrected chi connectivity index (χ0v) is 14.8. The highest BCUT2D eigenvalue weighted by Crippen LogP contribution is 2.33. The maximum Gasteiger partial charge on any atom is 0.211 e. The number of benzene rings is 1. The Hall–Kier alpha value is -1.66. The largest absolute Gasteiger partial charge is 0.217 e. The number of aromatic nitrogens is 3. The number of hydrogen-bond donors (Lipinski definition) is 0. The molecule has 0 saturated heterocycles. The monoisotopic (exact) mass is 377 g/mol. The summed E-state index contributed by atoms with van der Waals surface area (Å²) >= 11 is 15.5. The van der Waals surface area contributed by atoms with Gasteiger partial charge in [0.25, 0.3) is 0 Å². The van der Waals surface area contributed by atoms with E-state index in [1.165, 1.54) is 0 Å². The van der Waals surface area contributed by atoms with E-state index >= 15 is 0 Å². The lowest BCUT2D eigenvalue weighted by Gasteiger charge is -2.06. The predicted molar refractivity (Wildman–Crippen MR) is 98.0 cm³/mol. The van der Waals surface area contributed by atoms with Gasteiger partial charge in [0.15, 0.2) is 0 Å². The van der Waals surface area contributed by atoms with E-state index in [9.17, 15) is 0 Å². The van der Waals surface area contributed by atoms with Crippen LogP contribution in [0.25, 0.3) is 27.0 Å². The van der Waals surface area contributed by atoms with E-state index in [-0.39, 0.29) is 0 Å². The van der Waals surface area contributed by atoms with Crippen molar-refractivity contribution in [2.45, 2.75) is 0 Å². The summed E-state index contributed by atoms with van der Waals surface area (Å²) in [6.45, 7) is 0. The number of rotatable bonds is 3. The Kier molecular flexibility index (Phi) is 3.95. The van der Waals surface area contributed by atoms with Crippen LogP contribution >= 0.6 is 45.9 Å². The molecule has 0 aliphatic carbocycles. The minimum atomic E-state index is 0.592. The molecule has 0 spiro atoms. The molecule has 4 rings (SSSR count). The fourth-order valence-electron chi connectivity index (χ4n) is 2.26. The van der Waals surface area contributed by atoms with E-state index < -0.39 is 0 Å². The van der Waals surface area contributed by atoms with Gasteiger partial charge in [-0.15, -0.1) is 22.7 Å². The normalized spacial score (nSPS) is 11.0. The number of halogens is 2. The van der Waals surface area contributed by atoms with Gasteiger partial charge in [-0.3, -0.25) is 0 Å². The Balaban J connectivity index is 1.78. The van der Waals surface area contributed by atoms with Crippen molar-refractivity contribution >= 4 is 45.9 Å². The molecule has 3 nitrogen and oxygen atoms in total. The van der Waals surface area contributed by atoms with E-state index in [0.29, 0.717) is 10.0 Å². The summed E-state index contributed by atoms with van der Waals surface area (Å²) in [4.78, 5) is 5.83. The second kappa shape index (κ2) is 6.09. The van der Waals surface area contributed by atoms with Crippen LogP contribution < -0.4 is 0 Å². The van der Waals surface area contributed by atoms with E-state index in [4.69, 9.17) is 23.2 Å². The second-order valence-corrected chi connectivity index (χ2v) is 7.37. The Morgan fingerprint density at radius 1 is 1.04 bits per heavy atom. The van der Waals surface area contributed by atoms with Crippen LogP contribution in [0.15, 0.2) is 53.4 Å². The third-order valence-corrected chi connectivity index (χ3v) is 5.55. The van der Waals surface area contributed by atoms with Crippen LogP contribution in [0.1, 0.15) is 0 Å². The number of nitrogens with zero attached hydrogens (tertiary/aromatic N) is 3. The maximum atomic E-state index is 6.33. The van der Waals surface area contributed by atoms with Gasteiger partial charge in [0.1, 0.15) is 0 Å². The van der Waals surface area contributed by atoms with Crippen molar-refractivity contribution in [3.8, 4) is 27.0 Å². The average Bonchev–Trinajstić information content (AvgIpc) is 3.27. The van der Waals surface area contributed by atoms with Crippen molar-refractivity contribution in [1.29, 1.82) is 0 Å². The molecule has 0 amide bonds. The minimum Gasteiger partial charge on any atom is -0.217 e. The van der Waals surface area contributed by atoms with E-state index in [1.54, 1.807) is 39.6 Å². The van der Waals surface area contributed by atoms with Gasteiger partial charge in [0, 0.05) is 16.0 Å². The summed E-state index contributed by atoms with van der Waals surface area (Å²) in [5.74, 6) is 0. The molecule has 3 aromatic heterocycles. The topological polar surface area (TPSA) is 30.7 Å². The van der Waals surface area contributed by atoms with Crippen LogP contribution in [0.5, 0.6) is 0 Å². The minimum absolute atomic E-state index is 0.592. The Bertz CT molecular complexity index is 958. The second-order valence-electron chi connectivity index (χ2n) is 4.75. The maximum absolute atomic E-state index is 6.33. The van der Waals surface area contributed by atoms with Crippen molar-refractivity contribution in [2.24, 2.45) is 0 Å². The highest BCUT2D eigenvalue weighted by molar-refractivity contribution is 7.15. The van der Waals surface area contributed by atoms with Crippen LogP contribution in [0.2, 0.25) is 10.0 Å². The van der Waals surface area contributed by atoms with Crippen LogP contribution in [0.4, 0.5) is 0 Å². The number of hydrogen-bond acceptors (Lipinski definition) is 4. The summed E-state index contributed by atoms with van der Waals surface area (Å²) in [6.07, 6.45) is 1.74. The summed E-state index contributed by atoms with van der Waals surface area (Å²) < 4.78 is 1.80. The third-order valence-electron chi connectivity index (χ3n) is 3.30. The number of thiophene rings is 1. The third kappa shape index (κ3) is 2.81. The Morgan fingerprint density at radius 3 is 2.74 bits per heavy atom. The van der Waals surface area contributed by atoms with Crippen LogP contribution in [-0.4, -0.2) is 14.8 Å². The van der Waals surface area contributed by atoms with Crippen molar-refractivity contribution in [3.05, 3.63) is 63.4 Å².